The molecule has 0 bridgehead atoms. The smallest absolute Gasteiger partial charge is 0.422 e. The molecule has 4 nitrogen and oxygen atoms in total. The molecular weight excluding hydrogens is 191 g/mol. The minimum atomic E-state index is -4.75. The van der Waals surface area contributed by atoms with Gasteiger partial charge in [-0.1, -0.05) is 5.16 Å². The lowest BCUT2D eigenvalue weighted by molar-refractivity contribution is -0.138. The van der Waals surface area contributed by atoms with Gasteiger partial charge in [0.15, 0.2) is 0 Å². The van der Waals surface area contributed by atoms with E-state index in [1.165, 1.54) is 0 Å². The van der Waals surface area contributed by atoms with Gasteiger partial charge in [-0.15, -0.1) is 0 Å². The second-order valence-corrected chi connectivity index (χ2v) is 2.27. The molecule has 0 saturated heterocycles. The van der Waals surface area contributed by atoms with Crippen LogP contribution in [-0.4, -0.2) is 16.2 Å². The molecule has 1 heterocycles. The van der Waals surface area contributed by atoms with Gasteiger partial charge in [-0.25, -0.2) is 4.79 Å². The maximum atomic E-state index is 12.1. The van der Waals surface area contributed by atoms with Crippen LogP contribution in [0, 0.1) is 6.92 Å². The van der Waals surface area contributed by atoms with Crippen molar-refractivity contribution in [3.05, 3.63) is 17.0 Å². The standard InChI is InChI=1S/C6H4F3NO3/c1-2-3(6(7,8)9)4(5(11)12)10-13-2/h1H3,(H,11,12). The molecule has 1 aromatic rings. The van der Waals surface area contributed by atoms with Crippen LogP contribution in [0.15, 0.2) is 4.52 Å². The van der Waals surface area contributed by atoms with Crippen LogP contribution in [-0.2, 0) is 6.18 Å². The molecule has 0 amide bonds. The van der Waals surface area contributed by atoms with Crippen molar-refractivity contribution < 1.29 is 27.6 Å². The van der Waals surface area contributed by atoms with Crippen LogP contribution >= 0.6 is 0 Å². The highest BCUT2D eigenvalue weighted by Gasteiger charge is 2.41. The van der Waals surface area contributed by atoms with Crippen molar-refractivity contribution in [3.63, 3.8) is 0 Å². The first kappa shape index (κ1) is 9.56. The number of hydrogen-bond acceptors (Lipinski definition) is 3. The Bertz CT molecular complexity index is 341. The fourth-order valence-electron chi connectivity index (χ4n) is 0.852. The summed E-state index contributed by atoms with van der Waals surface area (Å²) in [6, 6.07) is 0. The fraction of sp³-hybridized carbons (Fsp3) is 0.333. The van der Waals surface area contributed by atoms with Gasteiger partial charge in [0.05, 0.1) is 0 Å². The summed E-state index contributed by atoms with van der Waals surface area (Å²) in [5.74, 6) is -2.31. The van der Waals surface area contributed by atoms with Crippen LogP contribution in [0.3, 0.4) is 0 Å². The van der Waals surface area contributed by atoms with E-state index in [2.05, 4.69) is 9.68 Å². The number of halogens is 3. The van der Waals surface area contributed by atoms with Crippen molar-refractivity contribution >= 4 is 5.97 Å². The maximum absolute atomic E-state index is 12.1. The van der Waals surface area contributed by atoms with E-state index in [1.807, 2.05) is 0 Å². The Labute approximate surface area is 69.9 Å². The number of nitrogens with zero attached hydrogens (tertiary/aromatic N) is 1. The van der Waals surface area contributed by atoms with E-state index in [9.17, 15) is 18.0 Å². The third-order valence-electron chi connectivity index (χ3n) is 1.35. The number of alkyl halides is 3. The number of carboxylic acids is 1. The molecule has 1 N–H and O–H groups in total. The lowest BCUT2D eigenvalue weighted by Gasteiger charge is -2.03. The largest absolute Gasteiger partial charge is 0.476 e. The molecule has 0 aliphatic carbocycles. The summed E-state index contributed by atoms with van der Waals surface area (Å²) < 4.78 is 40.6. The van der Waals surface area contributed by atoms with Crippen LogP contribution < -0.4 is 0 Å². The molecule has 0 aliphatic rings. The number of carboxylic acid groups (broad SMARTS) is 1. The van der Waals surface area contributed by atoms with E-state index in [4.69, 9.17) is 5.11 Å². The number of rotatable bonds is 1. The minimum absolute atomic E-state index is 0.551. The Balaban J connectivity index is 3.33. The first-order valence-electron chi connectivity index (χ1n) is 3.10. The van der Waals surface area contributed by atoms with Crippen molar-refractivity contribution in [2.75, 3.05) is 0 Å². The Kier molecular flexibility index (Phi) is 2.02. The van der Waals surface area contributed by atoms with Gasteiger partial charge in [0.2, 0.25) is 5.69 Å². The molecule has 0 fully saturated rings. The fourth-order valence-corrected chi connectivity index (χ4v) is 0.852. The van der Waals surface area contributed by atoms with Gasteiger partial charge >= 0.3 is 12.1 Å². The highest BCUT2D eigenvalue weighted by atomic mass is 19.4. The van der Waals surface area contributed by atoms with Gasteiger partial charge in [-0.3, -0.25) is 0 Å². The topological polar surface area (TPSA) is 63.3 Å². The summed E-state index contributed by atoms with van der Waals surface area (Å²) in [7, 11) is 0. The first-order valence-corrected chi connectivity index (χ1v) is 3.10. The molecule has 7 heteroatoms. The van der Waals surface area contributed by atoms with Crippen molar-refractivity contribution in [3.8, 4) is 0 Å². The predicted octanol–water partition coefficient (Wildman–Crippen LogP) is 1.70. The van der Waals surface area contributed by atoms with Crippen molar-refractivity contribution in [2.45, 2.75) is 13.1 Å². The highest BCUT2D eigenvalue weighted by Crippen LogP contribution is 2.34. The average Bonchev–Trinajstić information content (AvgIpc) is 2.28. The number of aromatic carboxylic acids is 1. The summed E-state index contributed by atoms with van der Waals surface area (Å²) >= 11 is 0. The van der Waals surface area contributed by atoms with Crippen LogP contribution in [0.5, 0.6) is 0 Å². The zero-order chi connectivity index (χ0) is 10.2. The second kappa shape index (κ2) is 2.75. The van der Waals surface area contributed by atoms with Crippen LogP contribution in [0.25, 0.3) is 0 Å². The second-order valence-electron chi connectivity index (χ2n) is 2.27. The van der Waals surface area contributed by atoms with E-state index in [0.29, 0.717) is 0 Å². The molecule has 0 aliphatic heterocycles. The maximum Gasteiger partial charge on any atom is 0.422 e. The number of aromatic nitrogens is 1. The molecule has 0 aromatic carbocycles. The quantitative estimate of drug-likeness (QED) is 0.740. The molecule has 0 radical (unpaired) electrons. The Morgan fingerprint density at radius 2 is 2.08 bits per heavy atom. The Morgan fingerprint density at radius 3 is 2.38 bits per heavy atom. The highest BCUT2D eigenvalue weighted by molar-refractivity contribution is 5.87. The summed E-state index contributed by atoms with van der Waals surface area (Å²) in [6.45, 7) is 1.00. The lowest BCUT2D eigenvalue weighted by atomic mass is 10.2. The van der Waals surface area contributed by atoms with E-state index in [0.717, 1.165) is 6.92 Å². The van der Waals surface area contributed by atoms with E-state index < -0.39 is 29.2 Å². The van der Waals surface area contributed by atoms with E-state index in [-0.39, 0.29) is 0 Å². The van der Waals surface area contributed by atoms with Gasteiger partial charge in [-0.05, 0) is 6.92 Å². The van der Waals surface area contributed by atoms with Crippen molar-refractivity contribution in [2.24, 2.45) is 0 Å². The van der Waals surface area contributed by atoms with E-state index in [1.54, 1.807) is 0 Å². The Morgan fingerprint density at radius 1 is 1.54 bits per heavy atom. The molecular formula is C6H4F3NO3. The molecule has 0 unspecified atom stereocenters. The predicted molar refractivity (Wildman–Crippen MR) is 33.2 cm³/mol. The van der Waals surface area contributed by atoms with Gasteiger partial charge in [0, 0.05) is 0 Å². The van der Waals surface area contributed by atoms with Crippen LogP contribution in [0.1, 0.15) is 21.8 Å². The third-order valence-corrected chi connectivity index (χ3v) is 1.35. The molecule has 0 saturated carbocycles. The third kappa shape index (κ3) is 1.63. The number of carbonyl (C=O) groups is 1. The van der Waals surface area contributed by atoms with Gasteiger partial charge in [-0.2, -0.15) is 13.2 Å². The van der Waals surface area contributed by atoms with Crippen LogP contribution in [0.2, 0.25) is 0 Å². The van der Waals surface area contributed by atoms with Gasteiger partial charge < -0.3 is 9.63 Å². The average molecular weight is 195 g/mol. The molecule has 13 heavy (non-hydrogen) atoms. The van der Waals surface area contributed by atoms with Gasteiger partial charge in [0.1, 0.15) is 11.3 Å². The zero-order valence-corrected chi connectivity index (χ0v) is 6.34. The monoisotopic (exact) mass is 195 g/mol. The van der Waals surface area contributed by atoms with Crippen molar-refractivity contribution in [1.29, 1.82) is 0 Å². The first-order chi connectivity index (χ1) is 5.84. The Hall–Kier alpha value is -1.53. The van der Waals surface area contributed by atoms with E-state index >= 15 is 0 Å². The molecule has 0 atom stereocenters. The molecule has 1 aromatic heterocycles. The van der Waals surface area contributed by atoms with Gasteiger partial charge in [0.25, 0.3) is 0 Å². The molecule has 72 valence electrons. The molecule has 1 rings (SSSR count). The SMILES string of the molecule is Cc1onc(C(=O)O)c1C(F)(F)F. The normalized spacial score (nSPS) is 11.7. The lowest BCUT2D eigenvalue weighted by Crippen LogP contribution is -2.12. The van der Waals surface area contributed by atoms with Crippen LogP contribution in [0.4, 0.5) is 13.2 Å². The summed E-state index contributed by atoms with van der Waals surface area (Å²) in [6.07, 6.45) is -4.75. The number of aryl methyl sites for hydroxylation is 1. The summed E-state index contributed by atoms with van der Waals surface area (Å²) in [5, 5.41) is 11.1. The summed E-state index contributed by atoms with van der Waals surface area (Å²) in [4.78, 5) is 10.3. The minimum Gasteiger partial charge on any atom is -0.476 e. The van der Waals surface area contributed by atoms with Crippen molar-refractivity contribution in [1.82, 2.24) is 5.16 Å². The summed E-state index contributed by atoms with van der Waals surface area (Å²) in [5.41, 5.74) is -2.44. The zero-order valence-electron chi connectivity index (χ0n) is 6.34. The number of hydrogen-bond donors (Lipinski definition) is 1. The molecule has 0 spiro atoms.